The lowest BCUT2D eigenvalue weighted by Gasteiger charge is -2.39. The number of hydrogen-bond donors (Lipinski definition) is 1. The average molecular weight is 502 g/mol. The lowest BCUT2D eigenvalue weighted by atomic mass is 9.89. The standard InChI is InChI=1S/C30H35N3O4/c1-22(20-31-15-16-33-26(21-31)19-25-6-2-3-8-28(25)33)32-13-11-23(12-14-32)17-24-5-4-7-27(18-24)37-30(36)10-9-29(34)35/h2-10,18-19,22-23H,11-17,20-21H2,1H3,(H,34,35)/b10-9-. The molecule has 1 atom stereocenters. The van der Waals surface area contributed by atoms with Crippen molar-refractivity contribution in [1.82, 2.24) is 14.4 Å². The zero-order valence-electron chi connectivity index (χ0n) is 21.4. The van der Waals surface area contributed by atoms with Crippen molar-refractivity contribution in [3.63, 3.8) is 0 Å². The first-order valence-corrected chi connectivity index (χ1v) is 13.2. The van der Waals surface area contributed by atoms with Crippen molar-refractivity contribution >= 4 is 22.8 Å². The first-order chi connectivity index (χ1) is 17.9. The zero-order chi connectivity index (χ0) is 25.8. The van der Waals surface area contributed by atoms with Gasteiger partial charge in [-0.2, -0.15) is 0 Å². The van der Waals surface area contributed by atoms with Crippen LogP contribution in [0, 0.1) is 5.92 Å². The molecule has 3 heterocycles. The van der Waals surface area contributed by atoms with Crippen molar-refractivity contribution in [2.45, 2.75) is 45.3 Å². The lowest BCUT2D eigenvalue weighted by Crippen LogP contribution is -2.47. The Kier molecular flexibility index (Phi) is 7.72. The van der Waals surface area contributed by atoms with Gasteiger partial charge in [-0.05, 0) is 80.4 Å². The lowest BCUT2D eigenvalue weighted by molar-refractivity contribution is -0.133. The summed E-state index contributed by atoms with van der Waals surface area (Å²) in [5.41, 5.74) is 3.91. The Morgan fingerprint density at radius 2 is 1.84 bits per heavy atom. The van der Waals surface area contributed by atoms with Crippen molar-refractivity contribution in [1.29, 1.82) is 0 Å². The summed E-state index contributed by atoms with van der Waals surface area (Å²) in [5.74, 6) is -0.806. The summed E-state index contributed by atoms with van der Waals surface area (Å²) >= 11 is 0. The molecule has 5 rings (SSSR count). The Hall–Kier alpha value is -3.42. The van der Waals surface area contributed by atoms with E-state index in [1.165, 1.54) is 16.6 Å². The molecule has 1 N–H and O–H groups in total. The predicted molar refractivity (Wildman–Crippen MR) is 144 cm³/mol. The molecular weight excluding hydrogens is 466 g/mol. The summed E-state index contributed by atoms with van der Waals surface area (Å²) in [6.07, 6.45) is 4.98. The first-order valence-electron chi connectivity index (χ1n) is 13.2. The molecule has 1 aromatic heterocycles. The van der Waals surface area contributed by atoms with Gasteiger partial charge in [0.25, 0.3) is 0 Å². The quantitative estimate of drug-likeness (QED) is 0.281. The zero-order valence-corrected chi connectivity index (χ0v) is 21.4. The number of ether oxygens (including phenoxy) is 1. The van der Waals surface area contributed by atoms with Crippen LogP contribution >= 0.6 is 0 Å². The van der Waals surface area contributed by atoms with E-state index in [1.807, 2.05) is 12.1 Å². The third-order valence-electron chi connectivity index (χ3n) is 7.72. The molecule has 2 aliphatic heterocycles. The highest BCUT2D eigenvalue weighted by Crippen LogP contribution is 2.27. The van der Waals surface area contributed by atoms with Gasteiger partial charge in [0.2, 0.25) is 0 Å². The second kappa shape index (κ2) is 11.3. The van der Waals surface area contributed by atoms with Crippen LogP contribution in [0.15, 0.2) is 66.7 Å². The van der Waals surface area contributed by atoms with Crippen LogP contribution in [0.4, 0.5) is 0 Å². The van der Waals surface area contributed by atoms with E-state index in [0.717, 1.165) is 76.2 Å². The molecule has 3 aromatic rings. The van der Waals surface area contributed by atoms with E-state index in [9.17, 15) is 9.59 Å². The van der Waals surface area contributed by atoms with Gasteiger partial charge in [0.15, 0.2) is 0 Å². The number of nitrogens with zero attached hydrogens (tertiary/aromatic N) is 3. The number of aliphatic carboxylic acids is 1. The third kappa shape index (κ3) is 6.29. The number of benzene rings is 2. The van der Waals surface area contributed by atoms with Crippen LogP contribution in [0.5, 0.6) is 5.75 Å². The average Bonchev–Trinajstić information content (AvgIpc) is 3.26. The highest BCUT2D eigenvalue weighted by Gasteiger charge is 2.26. The summed E-state index contributed by atoms with van der Waals surface area (Å²) in [5, 5.41) is 9.99. The van der Waals surface area contributed by atoms with Gasteiger partial charge in [-0.15, -0.1) is 0 Å². The van der Waals surface area contributed by atoms with Gasteiger partial charge in [0, 0.05) is 55.6 Å². The fourth-order valence-corrected chi connectivity index (χ4v) is 5.81. The highest BCUT2D eigenvalue weighted by molar-refractivity contribution is 5.91. The second-order valence-electron chi connectivity index (χ2n) is 10.4. The van der Waals surface area contributed by atoms with Gasteiger partial charge >= 0.3 is 11.9 Å². The van der Waals surface area contributed by atoms with Gasteiger partial charge < -0.3 is 14.4 Å². The van der Waals surface area contributed by atoms with Crippen LogP contribution in [0.2, 0.25) is 0 Å². The number of carboxylic acids is 1. The Morgan fingerprint density at radius 1 is 1.03 bits per heavy atom. The maximum atomic E-state index is 11.8. The minimum absolute atomic E-state index is 0.448. The molecular formula is C30H35N3O4. The molecule has 2 aliphatic rings. The van der Waals surface area contributed by atoms with E-state index in [2.05, 4.69) is 57.7 Å². The Bertz CT molecular complexity index is 1290. The molecule has 1 saturated heterocycles. The fraction of sp³-hybridized carbons (Fsp3) is 0.400. The monoisotopic (exact) mass is 501 g/mol. The maximum Gasteiger partial charge on any atom is 0.336 e. The third-order valence-corrected chi connectivity index (χ3v) is 7.72. The normalized spacial score (nSPS) is 18.2. The van der Waals surface area contributed by atoms with E-state index >= 15 is 0 Å². The van der Waals surface area contributed by atoms with E-state index in [1.54, 1.807) is 6.07 Å². The molecule has 0 aliphatic carbocycles. The summed E-state index contributed by atoms with van der Waals surface area (Å²) < 4.78 is 7.73. The van der Waals surface area contributed by atoms with Crippen molar-refractivity contribution in [3.05, 3.63) is 78.0 Å². The van der Waals surface area contributed by atoms with Gasteiger partial charge in [-0.25, -0.2) is 9.59 Å². The molecule has 194 valence electrons. The smallest absolute Gasteiger partial charge is 0.336 e. The van der Waals surface area contributed by atoms with Crippen LogP contribution in [0.25, 0.3) is 10.9 Å². The van der Waals surface area contributed by atoms with Crippen LogP contribution in [-0.2, 0) is 29.1 Å². The number of piperidine rings is 1. The number of likely N-dealkylation sites (tertiary alicyclic amines) is 1. The fourth-order valence-electron chi connectivity index (χ4n) is 5.81. The summed E-state index contributed by atoms with van der Waals surface area (Å²) in [7, 11) is 0. The number of carbonyl (C=O) groups is 2. The minimum atomic E-state index is -1.17. The number of rotatable bonds is 8. The number of hydrogen-bond acceptors (Lipinski definition) is 5. The number of carbonyl (C=O) groups excluding carboxylic acids is 1. The number of carboxylic acid groups (broad SMARTS) is 1. The van der Waals surface area contributed by atoms with Crippen LogP contribution in [0.1, 0.15) is 31.0 Å². The molecule has 2 aromatic carbocycles. The van der Waals surface area contributed by atoms with Crippen LogP contribution in [0.3, 0.4) is 0 Å². The van der Waals surface area contributed by atoms with E-state index in [-0.39, 0.29) is 0 Å². The Labute approximate surface area is 217 Å². The van der Waals surface area contributed by atoms with Gasteiger partial charge in [0.05, 0.1) is 0 Å². The molecule has 0 spiro atoms. The SMILES string of the molecule is CC(CN1CCn2c(cc3ccccc32)C1)N1CCC(Cc2cccc(OC(=O)/C=C\C(=O)O)c2)CC1. The molecule has 7 heteroatoms. The topological polar surface area (TPSA) is 75.0 Å². The molecule has 0 saturated carbocycles. The van der Waals surface area contributed by atoms with Gasteiger partial charge in [0.1, 0.15) is 5.75 Å². The number of esters is 1. The van der Waals surface area contributed by atoms with Crippen molar-refractivity contribution in [2.24, 2.45) is 5.92 Å². The Morgan fingerprint density at radius 3 is 2.65 bits per heavy atom. The number of fused-ring (bicyclic) bond motifs is 3. The van der Waals surface area contributed by atoms with E-state index in [4.69, 9.17) is 9.84 Å². The maximum absolute atomic E-state index is 11.8. The van der Waals surface area contributed by atoms with Crippen molar-refractivity contribution in [2.75, 3.05) is 26.2 Å². The minimum Gasteiger partial charge on any atom is -0.478 e. The van der Waals surface area contributed by atoms with E-state index < -0.39 is 11.9 Å². The van der Waals surface area contributed by atoms with E-state index in [0.29, 0.717) is 17.7 Å². The molecule has 0 radical (unpaired) electrons. The first kappa shape index (κ1) is 25.2. The van der Waals surface area contributed by atoms with Gasteiger partial charge in [-0.1, -0.05) is 30.3 Å². The molecule has 7 nitrogen and oxygen atoms in total. The Balaban J connectivity index is 1.09. The second-order valence-corrected chi connectivity index (χ2v) is 10.4. The molecule has 1 fully saturated rings. The van der Waals surface area contributed by atoms with Crippen molar-refractivity contribution in [3.8, 4) is 5.75 Å². The molecule has 1 unspecified atom stereocenters. The predicted octanol–water partition coefficient (Wildman–Crippen LogP) is 4.35. The van der Waals surface area contributed by atoms with Crippen molar-refractivity contribution < 1.29 is 19.4 Å². The highest BCUT2D eigenvalue weighted by atomic mass is 16.5. The summed E-state index contributed by atoms with van der Waals surface area (Å²) in [4.78, 5) is 27.6. The summed E-state index contributed by atoms with van der Waals surface area (Å²) in [6.45, 7) is 8.84. The molecule has 0 bridgehead atoms. The number of para-hydroxylation sites is 1. The summed E-state index contributed by atoms with van der Waals surface area (Å²) in [6, 6.07) is 19.1. The van der Waals surface area contributed by atoms with Crippen LogP contribution in [-0.4, -0.2) is 63.6 Å². The van der Waals surface area contributed by atoms with Gasteiger partial charge in [-0.3, -0.25) is 9.80 Å². The largest absolute Gasteiger partial charge is 0.478 e. The molecule has 37 heavy (non-hydrogen) atoms. The van der Waals surface area contributed by atoms with Crippen LogP contribution < -0.4 is 4.74 Å². The molecule has 0 amide bonds. The number of aromatic nitrogens is 1.